The van der Waals surface area contributed by atoms with Crippen molar-refractivity contribution in [2.75, 3.05) is 157 Å². The molecule has 2 fully saturated rings. The Bertz CT molecular complexity index is 3420. The summed E-state index contributed by atoms with van der Waals surface area (Å²) in [7, 11) is 4.00. The van der Waals surface area contributed by atoms with Crippen LogP contribution in [0.1, 0.15) is 79.3 Å². The van der Waals surface area contributed by atoms with Crippen LogP contribution in [-0.4, -0.2) is 280 Å². The van der Waals surface area contributed by atoms with Crippen molar-refractivity contribution in [3.05, 3.63) is 99.3 Å². The van der Waals surface area contributed by atoms with Crippen LogP contribution in [0.3, 0.4) is 0 Å². The maximum Gasteiger partial charge on any atom is 0.326 e. The number of fused-ring (bicyclic) bond motifs is 1. The number of carboxylic acids is 3. The van der Waals surface area contributed by atoms with Crippen LogP contribution in [-0.2, 0) is 65.4 Å². The fraction of sp³-hybridized carbons (Fsp3) is 0.543. The number of carboxylic acid groups (broad SMARTS) is 3. The monoisotopic (exact) mass is 1530 g/mol. The van der Waals surface area contributed by atoms with Crippen molar-refractivity contribution in [2.45, 2.75) is 94.8 Å². The summed E-state index contributed by atoms with van der Waals surface area (Å²) in [5.74, 6) is -5.42. The van der Waals surface area contributed by atoms with E-state index in [1.807, 2.05) is 60.3 Å². The minimum Gasteiger partial charge on any atom is -0.484 e. The zero-order chi connectivity index (χ0) is 73.6. The zero-order valence-electron chi connectivity index (χ0n) is 58.0. The minimum atomic E-state index is -1.28. The molecule has 0 aliphatic carbocycles. The number of carbonyl (C=O) groups excluding carboxylic acids is 7. The van der Waals surface area contributed by atoms with Crippen LogP contribution < -0.4 is 42.0 Å². The van der Waals surface area contributed by atoms with Crippen LogP contribution in [0.2, 0.25) is 0 Å². The van der Waals surface area contributed by atoms with Crippen LogP contribution in [0.25, 0.3) is 10.9 Å². The largest absolute Gasteiger partial charge is 0.484 e. The Morgan fingerprint density at radius 1 is 0.657 bits per heavy atom. The van der Waals surface area contributed by atoms with E-state index >= 15 is 0 Å². The van der Waals surface area contributed by atoms with Crippen LogP contribution in [0, 0.1) is 14.9 Å². The Hall–Kier alpha value is -8.69. The molecule has 0 bridgehead atoms. The Morgan fingerprint density at radius 3 is 2.00 bits per heavy atom. The second kappa shape index (κ2) is 45.3. The van der Waals surface area contributed by atoms with Crippen LogP contribution in [0.15, 0.2) is 79.0 Å². The van der Waals surface area contributed by atoms with Gasteiger partial charge in [-0.3, -0.25) is 53.1 Å². The van der Waals surface area contributed by atoms with Gasteiger partial charge in [-0.2, -0.15) is 5.26 Å². The number of benzene rings is 3. The summed E-state index contributed by atoms with van der Waals surface area (Å²) in [5.41, 5.74) is 3.09. The number of nitrogens with one attached hydrogen (secondary N) is 7. The summed E-state index contributed by atoms with van der Waals surface area (Å²) >= 11 is 2.19. The molecule has 0 spiro atoms. The number of likely N-dealkylation sites (tertiary alicyclic amines) is 1. The molecule has 3 heterocycles. The molecule has 32 heteroatoms. The molecule has 4 aromatic rings. The van der Waals surface area contributed by atoms with Gasteiger partial charge in [0, 0.05) is 111 Å². The highest BCUT2D eigenvalue weighted by atomic mass is 127. The SMILES string of the molecule is CN1CCN(CC(=O)O)CCN(CC(=O)O)CC(Cc2ccc(NC(=O)NCCCC[C@H](NC(=O)CCOCCOCCOCCNC(=O)COc3ccc4c(C(=O)NCC(=O)N5CCC[C@@H]5C#N)ccnc4c3)C(=O)N[C@@H](CCCCNC(=O)Cc3ccc(I)cc3)C(=O)O)cc2)N(C)CC1. The Morgan fingerprint density at radius 2 is 1.29 bits per heavy atom. The lowest BCUT2D eigenvalue weighted by Crippen LogP contribution is -2.51. The number of halogens is 1. The summed E-state index contributed by atoms with van der Waals surface area (Å²) in [6.45, 7) is 5.06. The Kier molecular flexibility index (Phi) is 36.6. The lowest BCUT2D eigenvalue weighted by atomic mass is 10.0. The molecule has 1 unspecified atom stereocenters. The van der Waals surface area contributed by atoms with Gasteiger partial charge >= 0.3 is 23.9 Å². The van der Waals surface area contributed by atoms with Crippen molar-refractivity contribution < 1.29 is 82.2 Å². The van der Waals surface area contributed by atoms with E-state index in [0.29, 0.717) is 119 Å². The first kappa shape index (κ1) is 82.3. The molecule has 3 aromatic carbocycles. The predicted octanol–water partition coefficient (Wildman–Crippen LogP) is 2.16. The molecular weight excluding hydrogens is 1440 g/mol. The van der Waals surface area contributed by atoms with Gasteiger partial charge in [0.1, 0.15) is 23.9 Å². The molecule has 2 aliphatic rings. The first-order valence-corrected chi connectivity index (χ1v) is 35.4. The minimum absolute atomic E-state index is 0.0154. The zero-order valence-corrected chi connectivity index (χ0v) is 60.2. The van der Waals surface area contributed by atoms with E-state index in [4.69, 9.17) is 18.9 Å². The van der Waals surface area contributed by atoms with Crippen molar-refractivity contribution in [1.82, 2.24) is 61.4 Å². The van der Waals surface area contributed by atoms with E-state index in [1.165, 1.54) is 17.2 Å². The summed E-state index contributed by atoms with van der Waals surface area (Å²) < 4.78 is 23.5. The summed E-state index contributed by atoms with van der Waals surface area (Å²) in [6.07, 6.45) is 5.19. The molecule has 4 atom stereocenters. The normalized spacial score (nSPS) is 16.2. The number of pyridine rings is 1. The number of urea groups is 1. The van der Waals surface area contributed by atoms with Crippen molar-refractivity contribution in [2.24, 2.45) is 0 Å². The van der Waals surface area contributed by atoms with E-state index in [0.717, 1.165) is 27.7 Å². The summed E-state index contributed by atoms with van der Waals surface area (Å²) in [6, 6.07) is 20.0. The average molecular weight is 1530 g/mol. The Labute approximate surface area is 607 Å². The van der Waals surface area contributed by atoms with Crippen molar-refractivity contribution in [1.29, 1.82) is 5.26 Å². The molecule has 0 radical (unpaired) electrons. The van der Waals surface area contributed by atoms with Gasteiger partial charge in [0.25, 0.3) is 11.8 Å². The molecule has 556 valence electrons. The molecule has 1 aromatic heterocycles. The first-order valence-electron chi connectivity index (χ1n) is 34.4. The number of ether oxygens (including phenoxy) is 4. The fourth-order valence-corrected chi connectivity index (χ4v) is 11.7. The number of aliphatic carboxylic acids is 3. The molecule has 10 N–H and O–H groups in total. The molecular formula is C70H97IN14O17. The number of nitriles is 1. The van der Waals surface area contributed by atoms with Crippen molar-refractivity contribution >= 4 is 98.6 Å². The number of hydrogen-bond acceptors (Lipinski definition) is 20. The molecule has 0 saturated carbocycles. The molecule has 8 amide bonds. The van der Waals surface area contributed by atoms with Crippen LogP contribution in [0.5, 0.6) is 5.75 Å². The number of hydrogen-bond donors (Lipinski definition) is 10. The smallest absolute Gasteiger partial charge is 0.326 e. The number of likely N-dealkylation sites (N-methyl/N-ethyl adjacent to an activating group) is 2. The van der Waals surface area contributed by atoms with Gasteiger partial charge in [0.15, 0.2) is 6.61 Å². The third-order valence-corrected chi connectivity index (χ3v) is 17.8. The molecule has 102 heavy (non-hydrogen) atoms. The number of rotatable bonds is 41. The van der Waals surface area contributed by atoms with Crippen LogP contribution in [0.4, 0.5) is 10.5 Å². The first-order chi connectivity index (χ1) is 49.1. The van der Waals surface area contributed by atoms with Gasteiger partial charge in [-0.15, -0.1) is 0 Å². The lowest BCUT2D eigenvalue weighted by molar-refractivity contribution is -0.142. The van der Waals surface area contributed by atoms with E-state index in [9.17, 15) is 68.5 Å². The number of unbranched alkanes of at least 4 members (excludes halogenated alkanes) is 2. The van der Waals surface area contributed by atoms with Gasteiger partial charge in [-0.05, 0) is 148 Å². The third kappa shape index (κ3) is 31.3. The highest BCUT2D eigenvalue weighted by Gasteiger charge is 2.30. The molecule has 2 saturated heterocycles. The third-order valence-electron chi connectivity index (χ3n) is 17.1. The van der Waals surface area contributed by atoms with E-state index < -0.39 is 65.7 Å². The quantitative estimate of drug-likeness (QED) is 0.0225. The highest BCUT2D eigenvalue weighted by Crippen LogP contribution is 2.23. The van der Waals surface area contributed by atoms with Gasteiger partial charge < -0.3 is 86.2 Å². The van der Waals surface area contributed by atoms with Crippen molar-refractivity contribution in [3.8, 4) is 11.8 Å². The number of carbonyl (C=O) groups is 10. The highest BCUT2D eigenvalue weighted by molar-refractivity contribution is 14.1. The second-order valence-electron chi connectivity index (χ2n) is 25.0. The van der Waals surface area contributed by atoms with E-state index in [1.54, 1.807) is 30.3 Å². The molecule has 6 rings (SSSR count). The van der Waals surface area contributed by atoms with E-state index in [2.05, 4.69) is 80.7 Å². The van der Waals surface area contributed by atoms with Gasteiger partial charge in [0.2, 0.25) is 23.6 Å². The van der Waals surface area contributed by atoms with Gasteiger partial charge in [-0.1, -0.05) is 24.3 Å². The average Bonchev–Trinajstić information content (AvgIpc) is 0.862. The van der Waals surface area contributed by atoms with Crippen molar-refractivity contribution in [3.63, 3.8) is 0 Å². The summed E-state index contributed by atoms with van der Waals surface area (Å²) in [4.78, 5) is 141. The maximum atomic E-state index is 13.8. The van der Waals surface area contributed by atoms with Gasteiger partial charge in [0.05, 0.1) is 82.8 Å². The maximum absolute atomic E-state index is 13.8. The molecule has 2 aliphatic heterocycles. The second-order valence-corrected chi connectivity index (χ2v) is 26.2. The Balaban J connectivity index is 0.884. The standard InChI is InChI=1S/C70H97IN14O17/c1-81-28-30-82(2)54(45-84(47-66(92)93)33-32-83(31-29-81)46-65(90)91)40-49-13-17-52(18-14-49)78-70(98)76-24-6-3-9-58(68(95)80-59(69(96)97)10-4-5-23-74-62(87)41-50-11-15-51(71)16-12-50)79-61(86)22-34-99-36-38-101-39-37-100-35-26-75-63(88)48-102-55-19-20-56-57(21-25-73-60(56)42-55)67(94)77-44-64(89)85-27-7-8-53(85)43-72/h11-21,25,42,53-54,58-59H,3-10,22-24,26-41,44-48H2,1-2H3,(H,74,87)(H,75,88)(H,77,94)(H,79,86)(H,80,95)(H,90,91)(H,92,93)(H,96,97)(H2,76,78,98)/t53-,54?,58+,59+/m1/s1. The van der Waals surface area contributed by atoms with Crippen LogP contribution >= 0.6 is 22.6 Å². The number of amides is 8. The fourth-order valence-electron chi connectivity index (χ4n) is 11.4. The lowest BCUT2D eigenvalue weighted by Gasteiger charge is -2.36. The predicted molar refractivity (Wildman–Crippen MR) is 384 cm³/mol. The van der Waals surface area contributed by atoms with E-state index in [-0.39, 0.29) is 123 Å². The van der Waals surface area contributed by atoms with Gasteiger partial charge in [-0.25, -0.2) is 9.59 Å². The number of nitrogens with zero attached hydrogens (tertiary/aromatic N) is 7. The number of aromatic nitrogens is 1. The summed E-state index contributed by atoms with van der Waals surface area (Å²) in [5, 5.41) is 58.3. The topological polar surface area (TPSA) is 405 Å². The number of anilines is 1. The molecule has 31 nitrogen and oxygen atoms in total.